The molecule has 1 aliphatic heterocycles. The molecule has 0 aromatic carbocycles. The van der Waals surface area contributed by atoms with Gasteiger partial charge in [0.05, 0.1) is 23.8 Å². The number of ketones is 2. The lowest BCUT2D eigenvalue weighted by Crippen LogP contribution is -2.52. The first-order valence-corrected chi connectivity index (χ1v) is 7.23. The van der Waals surface area contributed by atoms with Gasteiger partial charge in [0.2, 0.25) is 0 Å². The van der Waals surface area contributed by atoms with E-state index in [0.29, 0.717) is 0 Å². The topological polar surface area (TPSA) is 190 Å². The smallest absolute Gasteiger partial charge is 0.328 e. The predicted molar refractivity (Wildman–Crippen MR) is 80.9 cm³/mol. The van der Waals surface area contributed by atoms with Crippen LogP contribution >= 0.6 is 0 Å². The van der Waals surface area contributed by atoms with E-state index in [1.165, 1.54) is 6.92 Å². The molecule has 5 N–H and O–H groups in total. The van der Waals surface area contributed by atoms with Crippen molar-refractivity contribution < 1.29 is 38.7 Å². The van der Waals surface area contributed by atoms with Gasteiger partial charge in [-0.1, -0.05) is 6.08 Å². The van der Waals surface area contributed by atoms with Crippen LogP contribution in [0, 0.1) is 11.8 Å². The molecule has 0 aromatic rings. The Kier molecular flexibility index (Phi) is 4.82. The van der Waals surface area contributed by atoms with E-state index in [2.05, 4.69) is 0 Å². The molecule has 0 spiro atoms. The Hall–Kier alpha value is -3.63. The number of barbiturate groups is 1. The lowest BCUT2D eigenvalue weighted by atomic mass is 9.73. The number of aliphatic carboxylic acids is 1. The van der Waals surface area contributed by atoms with Crippen molar-refractivity contribution in [2.45, 2.75) is 13.3 Å². The molecule has 0 radical (unpaired) electrons. The molecule has 0 saturated carbocycles. The van der Waals surface area contributed by atoms with E-state index >= 15 is 0 Å². The Balaban J connectivity index is 2.57. The second kappa shape index (κ2) is 6.70. The van der Waals surface area contributed by atoms with E-state index in [4.69, 9.17) is 10.8 Å². The van der Waals surface area contributed by atoms with Gasteiger partial charge in [0.1, 0.15) is 5.57 Å². The van der Waals surface area contributed by atoms with Gasteiger partial charge < -0.3 is 10.8 Å². The van der Waals surface area contributed by atoms with E-state index in [9.17, 15) is 33.6 Å². The van der Waals surface area contributed by atoms with Crippen LogP contribution in [0.15, 0.2) is 22.8 Å². The van der Waals surface area contributed by atoms with Crippen molar-refractivity contribution in [3.8, 4) is 0 Å². The first-order chi connectivity index (χ1) is 12.0. The van der Waals surface area contributed by atoms with Crippen LogP contribution < -0.4 is 16.4 Å². The molecular weight excluding hydrogens is 350 g/mol. The Bertz CT molecular complexity index is 829. The molecule has 1 saturated heterocycles. The Morgan fingerprint density at radius 1 is 1.12 bits per heavy atom. The first kappa shape index (κ1) is 18.7. The summed E-state index contributed by atoms with van der Waals surface area (Å²) in [6.45, 7) is 1.23. The minimum Gasteiger partial charge on any atom is -0.481 e. The highest BCUT2D eigenvalue weighted by molar-refractivity contribution is 6.31. The van der Waals surface area contributed by atoms with Crippen LogP contribution in [0.25, 0.3) is 0 Å². The summed E-state index contributed by atoms with van der Waals surface area (Å²) in [6, 6.07) is -1.05. The molecule has 11 nitrogen and oxygen atoms in total. The van der Waals surface area contributed by atoms with E-state index in [0.717, 1.165) is 6.08 Å². The van der Waals surface area contributed by atoms with Gasteiger partial charge in [-0.25, -0.2) is 4.79 Å². The average molecular weight is 363 g/mol. The molecule has 0 unspecified atom stereocenters. The number of primary amides is 1. The van der Waals surface area contributed by atoms with Gasteiger partial charge in [0.15, 0.2) is 11.6 Å². The summed E-state index contributed by atoms with van der Waals surface area (Å²) in [5.41, 5.74) is 3.90. The molecule has 1 aliphatic carbocycles. The number of nitrogens with two attached hydrogens (primary N) is 1. The summed E-state index contributed by atoms with van der Waals surface area (Å²) < 4.78 is 0. The molecular formula is C15H13N3O8. The van der Waals surface area contributed by atoms with Crippen LogP contribution in [0.1, 0.15) is 13.3 Å². The van der Waals surface area contributed by atoms with Crippen LogP contribution in [0.4, 0.5) is 4.79 Å². The number of imide groups is 2. The van der Waals surface area contributed by atoms with Crippen LogP contribution in [0.2, 0.25) is 0 Å². The number of hydrogen-bond acceptors (Lipinski definition) is 7. The number of rotatable bonds is 4. The third-order valence-corrected chi connectivity index (χ3v) is 3.98. The van der Waals surface area contributed by atoms with E-state index in [1.807, 2.05) is 10.6 Å². The van der Waals surface area contributed by atoms with Crippen molar-refractivity contribution in [1.82, 2.24) is 10.6 Å². The number of allylic oxidation sites excluding steroid dienone is 2. The fourth-order valence-electron chi connectivity index (χ4n) is 2.77. The molecule has 26 heavy (non-hydrogen) atoms. The third-order valence-electron chi connectivity index (χ3n) is 3.98. The molecule has 11 heteroatoms. The molecule has 136 valence electrons. The zero-order chi connectivity index (χ0) is 19.8. The highest BCUT2D eigenvalue weighted by Gasteiger charge is 2.44. The van der Waals surface area contributed by atoms with Gasteiger partial charge in [-0.3, -0.25) is 39.4 Å². The number of carboxylic acids is 1. The van der Waals surface area contributed by atoms with Gasteiger partial charge in [0.25, 0.3) is 17.7 Å². The summed E-state index contributed by atoms with van der Waals surface area (Å²) in [5.74, 6) is -9.78. The molecule has 2 atom stereocenters. The van der Waals surface area contributed by atoms with Gasteiger partial charge in [0, 0.05) is 0 Å². The maximum absolute atomic E-state index is 12.6. The first-order valence-electron chi connectivity index (χ1n) is 7.23. The lowest BCUT2D eigenvalue weighted by molar-refractivity contribution is -0.145. The predicted octanol–water partition coefficient (Wildman–Crippen LogP) is -2.06. The summed E-state index contributed by atoms with van der Waals surface area (Å²) >= 11 is 0. The fraction of sp³-hybridized carbons (Fsp3) is 0.267. The second-order valence-corrected chi connectivity index (χ2v) is 5.63. The quantitative estimate of drug-likeness (QED) is 0.249. The van der Waals surface area contributed by atoms with E-state index in [1.54, 1.807) is 0 Å². The highest BCUT2D eigenvalue weighted by Crippen LogP contribution is 2.32. The fourth-order valence-corrected chi connectivity index (χ4v) is 2.77. The molecule has 2 aliphatic rings. The Labute approximate surface area is 145 Å². The number of carbonyl (C=O) groups is 7. The van der Waals surface area contributed by atoms with E-state index < -0.39 is 70.7 Å². The second-order valence-electron chi connectivity index (χ2n) is 5.63. The van der Waals surface area contributed by atoms with Crippen LogP contribution in [0.5, 0.6) is 0 Å². The zero-order valence-corrected chi connectivity index (χ0v) is 13.3. The van der Waals surface area contributed by atoms with Crippen molar-refractivity contribution >= 4 is 41.3 Å². The largest absolute Gasteiger partial charge is 0.481 e. The molecule has 0 bridgehead atoms. The standard InChI is InChI=1S/C15H13N3O8/c1-4-5(2-7-13(24)17-15(26)18-14(7)25)10(21)6(3-8(19)20)11(22)9(4)12(16)23/h2,5-6H,3H2,1H3,(H2,16,23)(H,19,20)(H2,17,18,24,25,26)/t5-,6+/m1/s1. The maximum Gasteiger partial charge on any atom is 0.328 e. The van der Waals surface area contributed by atoms with Gasteiger partial charge in [-0.05, 0) is 12.5 Å². The Morgan fingerprint density at radius 2 is 1.65 bits per heavy atom. The summed E-state index contributed by atoms with van der Waals surface area (Å²) in [5, 5.41) is 12.5. The van der Waals surface area contributed by atoms with Crippen LogP contribution in [0.3, 0.4) is 0 Å². The summed E-state index contributed by atoms with van der Waals surface area (Å²) in [4.78, 5) is 82.0. The lowest BCUT2D eigenvalue weighted by Gasteiger charge is -2.27. The molecule has 1 heterocycles. The van der Waals surface area contributed by atoms with Gasteiger partial charge in [-0.15, -0.1) is 0 Å². The number of urea groups is 1. The average Bonchev–Trinajstić information content (AvgIpc) is 2.49. The monoisotopic (exact) mass is 363 g/mol. The van der Waals surface area contributed by atoms with Gasteiger partial charge in [-0.2, -0.15) is 0 Å². The van der Waals surface area contributed by atoms with E-state index in [-0.39, 0.29) is 5.57 Å². The summed E-state index contributed by atoms with van der Waals surface area (Å²) in [6.07, 6.45) is -0.00270. The molecule has 1 fully saturated rings. The number of hydrogen-bond donors (Lipinski definition) is 4. The number of amides is 5. The zero-order valence-electron chi connectivity index (χ0n) is 13.3. The minimum atomic E-state index is -1.68. The van der Waals surface area contributed by atoms with Crippen LogP contribution in [-0.2, 0) is 28.8 Å². The SMILES string of the molecule is CC1=C(C(N)=O)C(=O)[C@@H](CC(=O)O)C(=O)[C@@H]1C=C1C(=O)NC(=O)NC1=O. The number of nitrogens with one attached hydrogen (secondary N) is 2. The summed E-state index contributed by atoms with van der Waals surface area (Å²) in [7, 11) is 0. The molecule has 0 aromatic heterocycles. The number of carbonyl (C=O) groups excluding carboxylic acids is 6. The van der Waals surface area contributed by atoms with Crippen molar-refractivity contribution in [3.05, 3.63) is 22.8 Å². The normalized spacial score (nSPS) is 23.6. The van der Waals surface area contributed by atoms with Crippen molar-refractivity contribution in [2.24, 2.45) is 17.6 Å². The molecule has 5 amide bonds. The minimum absolute atomic E-state index is 0.112. The van der Waals surface area contributed by atoms with Crippen molar-refractivity contribution in [3.63, 3.8) is 0 Å². The van der Waals surface area contributed by atoms with Crippen molar-refractivity contribution in [1.29, 1.82) is 0 Å². The Morgan fingerprint density at radius 3 is 2.12 bits per heavy atom. The maximum atomic E-state index is 12.6. The highest BCUT2D eigenvalue weighted by atomic mass is 16.4. The van der Waals surface area contributed by atoms with Gasteiger partial charge >= 0.3 is 12.0 Å². The van der Waals surface area contributed by atoms with Crippen LogP contribution in [-0.4, -0.2) is 46.4 Å². The number of carboxylic acid groups (broad SMARTS) is 1. The van der Waals surface area contributed by atoms with Crippen molar-refractivity contribution in [2.75, 3.05) is 0 Å². The number of Topliss-reactive ketones (excluding diaryl/α,β-unsaturated/α-hetero) is 2. The third kappa shape index (κ3) is 3.27. The molecule has 2 rings (SSSR count).